The highest BCUT2D eigenvalue weighted by atomic mass is 16.2. The number of aromatic nitrogens is 1. The number of rotatable bonds is 5. The molecule has 1 aromatic heterocycles. The van der Waals surface area contributed by atoms with Gasteiger partial charge in [0.25, 0.3) is 0 Å². The Kier molecular flexibility index (Phi) is 4.44. The minimum Gasteiger partial charge on any atom is -0.368 e. The molecule has 5 heteroatoms. The quantitative estimate of drug-likeness (QED) is 0.757. The number of hydrogen-bond donors (Lipinski definition) is 1. The molecule has 85 valence electrons. The molecular weight excluding hydrogens is 206 g/mol. The molecule has 5 nitrogen and oxygen atoms in total. The molecule has 1 rings (SSSR count). The van der Waals surface area contributed by atoms with E-state index in [2.05, 4.69) is 4.98 Å². The molecule has 0 aliphatic rings. The first kappa shape index (κ1) is 12.2. The maximum atomic E-state index is 11.7. The van der Waals surface area contributed by atoms with E-state index in [0.717, 1.165) is 0 Å². The van der Waals surface area contributed by atoms with Gasteiger partial charge >= 0.3 is 0 Å². The highest BCUT2D eigenvalue weighted by Crippen LogP contribution is 2.01. The predicted molar refractivity (Wildman–Crippen MR) is 59.1 cm³/mol. The van der Waals surface area contributed by atoms with Gasteiger partial charge in [0.15, 0.2) is 0 Å². The van der Waals surface area contributed by atoms with Gasteiger partial charge in [-0.1, -0.05) is 6.07 Å². The molecule has 2 amide bonds. The van der Waals surface area contributed by atoms with Crippen LogP contribution >= 0.6 is 0 Å². The van der Waals surface area contributed by atoms with E-state index in [-0.39, 0.29) is 12.5 Å². The van der Waals surface area contributed by atoms with Crippen LogP contribution in [0, 0.1) is 6.42 Å². The Morgan fingerprint density at radius 2 is 2.25 bits per heavy atom. The van der Waals surface area contributed by atoms with Gasteiger partial charge in [-0.3, -0.25) is 14.6 Å². The van der Waals surface area contributed by atoms with Crippen molar-refractivity contribution in [2.45, 2.75) is 6.92 Å². The molecule has 16 heavy (non-hydrogen) atoms. The number of pyridine rings is 1. The molecule has 2 N–H and O–H groups in total. The Balaban J connectivity index is 2.59. The van der Waals surface area contributed by atoms with Gasteiger partial charge in [0, 0.05) is 12.7 Å². The number of carbonyl (C=O) groups excluding carboxylic acids is 2. The molecule has 0 unspecified atom stereocenters. The highest BCUT2D eigenvalue weighted by Gasteiger charge is 2.14. The Hall–Kier alpha value is -1.91. The summed E-state index contributed by atoms with van der Waals surface area (Å²) in [5.41, 5.74) is 5.60. The van der Waals surface area contributed by atoms with E-state index in [1.165, 1.54) is 11.3 Å². The van der Waals surface area contributed by atoms with Crippen molar-refractivity contribution < 1.29 is 9.59 Å². The third kappa shape index (κ3) is 3.68. The Morgan fingerprint density at radius 3 is 2.75 bits per heavy atom. The standard InChI is InChI=1S/C11H14N3O2/c1-2-14(8-10(12)15)11(16)7-9-5-3-4-6-13-9/h3-7H,2,8H2,1H3,(H2,12,15). The fourth-order valence-electron chi connectivity index (χ4n) is 1.21. The van der Waals surface area contributed by atoms with E-state index in [4.69, 9.17) is 5.73 Å². The van der Waals surface area contributed by atoms with Crippen molar-refractivity contribution in [2.24, 2.45) is 5.73 Å². The molecule has 1 radical (unpaired) electrons. The Labute approximate surface area is 94.3 Å². The van der Waals surface area contributed by atoms with Crippen LogP contribution in [-0.2, 0) is 9.59 Å². The SMILES string of the molecule is CCN(CC(N)=O)C(=O)[CH]c1ccccn1. The monoisotopic (exact) mass is 220 g/mol. The van der Waals surface area contributed by atoms with E-state index >= 15 is 0 Å². The van der Waals surface area contributed by atoms with Gasteiger partial charge in [0.05, 0.1) is 18.7 Å². The maximum absolute atomic E-state index is 11.7. The lowest BCUT2D eigenvalue weighted by Crippen LogP contribution is -2.38. The second-order valence-corrected chi connectivity index (χ2v) is 3.22. The minimum absolute atomic E-state index is 0.0708. The third-order valence-corrected chi connectivity index (χ3v) is 2.00. The fourth-order valence-corrected chi connectivity index (χ4v) is 1.21. The summed E-state index contributed by atoms with van der Waals surface area (Å²) >= 11 is 0. The van der Waals surface area contributed by atoms with Gasteiger partial charge in [-0.25, -0.2) is 0 Å². The van der Waals surface area contributed by atoms with Crippen molar-refractivity contribution in [3.63, 3.8) is 0 Å². The van der Waals surface area contributed by atoms with Gasteiger partial charge in [-0.2, -0.15) is 0 Å². The number of primary amides is 1. The van der Waals surface area contributed by atoms with Gasteiger partial charge in [-0.15, -0.1) is 0 Å². The van der Waals surface area contributed by atoms with Crippen LogP contribution in [0.2, 0.25) is 0 Å². The molecule has 0 aliphatic heterocycles. The lowest BCUT2D eigenvalue weighted by Gasteiger charge is -2.18. The number of amides is 2. The van der Waals surface area contributed by atoms with E-state index < -0.39 is 5.91 Å². The second-order valence-electron chi connectivity index (χ2n) is 3.22. The van der Waals surface area contributed by atoms with Crippen molar-refractivity contribution in [3.05, 3.63) is 36.5 Å². The molecule has 0 saturated heterocycles. The van der Waals surface area contributed by atoms with Crippen molar-refractivity contribution in [3.8, 4) is 0 Å². The molecule has 0 aromatic carbocycles. The molecular formula is C11H14N3O2. The van der Waals surface area contributed by atoms with Gasteiger partial charge in [0.2, 0.25) is 11.8 Å². The van der Waals surface area contributed by atoms with Gasteiger partial charge < -0.3 is 10.6 Å². The number of nitrogens with zero attached hydrogens (tertiary/aromatic N) is 2. The first-order valence-corrected chi connectivity index (χ1v) is 4.96. The first-order valence-electron chi connectivity index (χ1n) is 4.96. The summed E-state index contributed by atoms with van der Waals surface area (Å²) in [7, 11) is 0. The summed E-state index contributed by atoms with van der Waals surface area (Å²) in [6.45, 7) is 2.15. The number of likely N-dealkylation sites (N-methyl/N-ethyl adjacent to an activating group) is 1. The van der Waals surface area contributed by atoms with Crippen LogP contribution in [0.15, 0.2) is 24.4 Å². The fraction of sp³-hybridized carbons (Fsp3) is 0.273. The Morgan fingerprint density at radius 1 is 1.50 bits per heavy atom. The summed E-state index contributed by atoms with van der Waals surface area (Å²) in [6, 6.07) is 5.27. The second kappa shape index (κ2) is 5.85. The third-order valence-electron chi connectivity index (χ3n) is 2.00. The molecule has 0 atom stereocenters. The van der Waals surface area contributed by atoms with Crippen molar-refractivity contribution in [2.75, 3.05) is 13.1 Å². The van der Waals surface area contributed by atoms with Crippen LogP contribution in [0.4, 0.5) is 0 Å². The zero-order chi connectivity index (χ0) is 12.0. The predicted octanol–water partition coefficient (Wildman–Crippen LogP) is -0.0322. The van der Waals surface area contributed by atoms with E-state index in [0.29, 0.717) is 12.2 Å². The zero-order valence-corrected chi connectivity index (χ0v) is 9.09. The van der Waals surface area contributed by atoms with Crippen molar-refractivity contribution in [1.82, 2.24) is 9.88 Å². The van der Waals surface area contributed by atoms with E-state index in [1.54, 1.807) is 31.3 Å². The molecule has 0 fully saturated rings. The van der Waals surface area contributed by atoms with Gasteiger partial charge in [0.1, 0.15) is 0 Å². The largest absolute Gasteiger partial charge is 0.368 e. The smallest absolute Gasteiger partial charge is 0.237 e. The molecule has 1 heterocycles. The first-order chi connectivity index (χ1) is 7.63. The molecule has 0 bridgehead atoms. The maximum Gasteiger partial charge on any atom is 0.237 e. The number of nitrogens with two attached hydrogens (primary N) is 1. The average Bonchev–Trinajstić information content (AvgIpc) is 2.26. The van der Waals surface area contributed by atoms with Crippen LogP contribution in [0.1, 0.15) is 12.6 Å². The minimum atomic E-state index is -0.523. The molecule has 0 aliphatic carbocycles. The Bertz CT molecular complexity index is 365. The number of hydrogen-bond acceptors (Lipinski definition) is 3. The van der Waals surface area contributed by atoms with E-state index in [9.17, 15) is 9.59 Å². The average molecular weight is 220 g/mol. The molecule has 0 spiro atoms. The zero-order valence-electron chi connectivity index (χ0n) is 9.09. The van der Waals surface area contributed by atoms with Crippen molar-refractivity contribution >= 4 is 11.8 Å². The summed E-state index contributed by atoms with van der Waals surface area (Å²) < 4.78 is 0. The van der Waals surface area contributed by atoms with E-state index in [1.807, 2.05) is 0 Å². The topological polar surface area (TPSA) is 76.3 Å². The van der Waals surface area contributed by atoms with Crippen LogP contribution < -0.4 is 5.73 Å². The lowest BCUT2D eigenvalue weighted by atomic mass is 10.2. The lowest BCUT2D eigenvalue weighted by molar-refractivity contribution is -0.131. The van der Waals surface area contributed by atoms with Crippen molar-refractivity contribution in [1.29, 1.82) is 0 Å². The highest BCUT2D eigenvalue weighted by molar-refractivity contribution is 5.91. The summed E-state index contributed by atoms with van der Waals surface area (Å²) in [5, 5.41) is 0. The summed E-state index contributed by atoms with van der Waals surface area (Å²) in [6.07, 6.45) is 2.98. The van der Waals surface area contributed by atoms with Crippen LogP contribution in [0.5, 0.6) is 0 Å². The summed E-state index contributed by atoms with van der Waals surface area (Å²) in [5.74, 6) is -0.787. The van der Waals surface area contributed by atoms with Gasteiger partial charge in [-0.05, 0) is 19.1 Å². The van der Waals surface area contributed by atoms with Crippen LogP contribution in [0.3, 0.4) is 0 Å². The van der Waals surface area contributed by atoms with Crippen LogP contribution in [0.25, 0.3) is 0 Å². The van der Waals surface area contributed by atoms with Crippen LogP contribution in [-0.4, -0.2) is 34.8 Å². The molecule has 0 saturated carbocycles. The molecule has 1 aromatic rings. The number of carbonyl (C=O) groups is 2. The summed E-state index contributed by atoms with van der Waals surface area (Å²) in [4.78, 5) is 27.8. The normalized spacial score (nSPS) is 9.81.